The van der Waals surface area contributed by atoms with Gasteiger partial charge in [0, 0.05) is 11.8 Å². The normalized spacial score (nSPS) is 12.5. The van der Waals surface area contributed by atoms with Gasteiger partial charge in [0.1, 0.15) is 17.3 Å². The van der Waals surface area contributed by atoms with E-state index in [1.54, 1.807) is 19.5 Å². The largest absolute Gasteiger partial charge is 0.495 e. The highest BCUT2D eigenvalue weighted by atomic mass is 16.5. The Hall–Kier alpha value is -1.81. The molecule has 17 heavy (non-hydrogen) atoms. The number of nitrogens with two attached hydrogens (primary N) is 1. The number of nitrogens with zero attached hydrogens (tertiary/aromatic N) is 1. The lowest BCUT2D eigenvalue weighted by Gasteiger charge is -2.11. The molecule has 0 aliphatic rings. The standard InChI is InChI=1S/C13H16N2O2/c1-8-4-12(9(2)17-8)13(14)10-5-11(16-3)7-15-6-10/h4-7,13H,14H2,1-3H3. The first-order valence-corrected chi connectivity index (χ1v) is 5.43. The van der Waals surface area contributed by atoms with E-state index in [4.69, 9.17) is 14.9 Å². The van der Waals surface area contributed by atoms with Crippen LogP contribution in [0.2, 0.25) is 0 Å². The molecule has 2 aromatic heterocycles. The Kier molecular flexibility index (Phi) is 3.15. The summed E-state index contributed by atoms with van der Waals surface area (Å²) in [5.74, 6) is 2.41. The van der Waals surface area contributed by atoms with Crippen molar-refractivity contribution in [1.82, 2.24) is 4.98 Å². The molecule has 0 spiro atoms. The molecule has 0 aliphatic heterocycles. The Labute approximate surface area is 100 Å². The van der Waals surface area contributed by atoms with Gasteiger partial charge in [-0.1, -0.05) is 0 Å². The molecule has 2 aromatic rings. The number of aryl methyl sites for hydroxylation is 2. The number of ether oxygens (including phenoxy) is 1. The van der Waals surface area contributed by atoms with Gasteiger partial charge >= 0.3 is 0 Å². The Morgan fingerprint density at radius 3 is 2.65 bits per heavy atom. The van der Waals surface area contributed by atoms with Gasteiger partial charge in [-0.15, -0.1) is 0 Å². The summed E-state index contributed by atoms with van der Waals surface area (Å²) in [5, 5.41) is 0. The first kappa shape index (κ1) is 11.7. The van der Waals surface area contributed by atoms with Crippen LogP contribution < -0.4 is 10.5 Å². The van der Waals surface area contributed by atoms with E-state index in [1.165, 1.54) is 0 Å². The average Bonchev–Trinajstić information content (AvgIpc) is 2.67. The second-order valence-electron chi connectivity index (χ2n) is 4.00. The zero-order chi connectivity index (χ0) is 12.4. The molecule has 0 aliphatic carbocycles. The minimum atomic E-state index is -0.241. The van der Waals surface area contributed by atoms with Crippen LogP contribution in [0.15, 0.2) is 28.9 Å². The lowest BCUT2D eigenvalue weighted by atomic mass is 10.0. The molecule has 0 aromatic carbocycles. The molecule has 2 N–H and O–H groups in total. The van der Waals surface area contributed by atoms with Gasteiger partial charge in [0.25, 0.3) is 0 Å². The maximum atomic E-state index is 6.20. The van der Waals surface area contributed by atoms with E-state index >= 15 is 0 Å². The number of aromatic nitrogens is 1. The minimum absolute atomic E-state index is 0.241. The number of pyridine rings is 1. The predicted octanol–water partition coefficient (Wildman–Crippen LogP) is 2.35. The Bertz CT molecular complexity index is 520. The lowest BCUT2D eigenvalue weighted by Crippen LogP contribution is -2.12. The number of hydrogen-bond acceptors (Lipinski definition) is 4. The monoisotopic (exact) mass is 232 g/mol. The van der Waals surface area contributed by atoms with Gasteiger partial charge in [0.2, 0.25) is 0 Å². The molecule has 0 saturated heterocycles. The van der Waals surface area contributed by atoms with Crippen LogP contribution in [0.25, 0.3) is 0 Å². The molecule has 2 heterocycles. The Morgan fingerprint density at radius 2 is 2.06 bits per heavy atom. The third-order valence-electron chi connectivity index (χ3n) is 2.74. The summed E-state index contributed by atoms with van der Waals surface area (Å²) in [6.07, 6.45) is 3.40. The Morgan fingerprint density at radius 1 is 1.29 bits per heavy atom. The molecule has 0 amide bonds. The molecule has 1 atom stereocenters. The number of hydrogen-bond donors (Lipinski definition) is 1. The molecule has 0 radical (unpaired) electrons. The van der Waals surface area contributed by atoms with E-state index in [0.29, 0.717) is 5.75 Å². The van der Waals surface area contributed by atoms with Crippen molar-refractivity contribution in [3.8, 4) is 5.75 Å². The highest BCUT2D eigenvalue weighted by Crippen LogP contribution is 2.26. The third-order valence-corrected chi connectivity index (χ3v) is 2.74. The molecular weight excluding hydrogens is 216 g/mol. The summed E-state index contributed by atoms with van der Waals surface area (Å²) in [4.78, 5) is 4.10. The zero-order valence-electron chi connectivity index (χ0n) is 10.2. The second kappa shape index (κ2) is 4.59. The number of methoxy groups -OCH3 is 1. The van der Waals surface area contributed by atoms with Crippen molar-refractivity contribution in [2.75, 3.05) is 7.11 Å². The maximum absolute atomic E-state index is 6.20. The van der Waals surface area contributed by atoms with Crippen LogP contribution in [0.3, 0.4) is 0 Å². The van der Waals surface area contributed by atoms with Crippen LogP contribution in [-0.4, -0.2) is 12.1 Å². The molecule has 0 saturated carbocycles. The first-order valence-electron chi connectivity index (χ1n) is 5.43. The van der Waals surface area contributed by atoms with E-state index < -0.39 is 0 Å². The van der Waals surface area contributed by atoms with Crippen LogP contribution in [0, 0.1) is 13.8 Å². The molecular formula is C13H16N2O2. The molecule has 0 bridgehead atoms. The fourth-order valence-corrected chi connectivity index (χ4v) is 1.86. The van der Waals surface area contributed by atoms with E-state index in [2.05, 4.69) is 4.98 Å². The second-order valence-corrected chi connectivity index (χ2v) is 4.00. The van der Waals surface area contributed by atoms with Crippen molar-refractivity contribution >= 4 is 0 Å². The van der Waals surface area contributed by atoms with Gasteiger partial charge in [-0.25, -0.2) is 0 Å². The van der Waals surface area contributed by atoms with Gasteiger partial charge < -0.3 is 14.9 Å². The fourth-order valence-electron chi connectivity index (χ4n) is 1.86. The molecule has 4 nitrogen and oxygen atoms in total. The van der Waals surface area contributed by atoms with Gasteiger partial charge in [-0.05, 0) is 31.5 Å². The van der Waals surface area contributed by atoms with Crippen molar-refractivity contribution < 1.29 is 9.15 Å². The highest BCUT2D eigenvalue weighted by molar-refractivity contribution is 5.35. The smallest absolute Gasteiger partial charge is 0.137 e. The SMILES string of the molecule is COc1cncc(C(N)c2cc(C)oc2C)c1. The van der Waals surface area contributed by atoms with E-state index in [0.717, 1.165) is 22.6 Å². The van der Waals surface area contributed by atoms with Crippen LogP contribution in [-0.2, 0) is 0 Å². The quantitative estimate of drug-likeness (QED) is 0.882. The summed E-state index contributed by atoms with van der Waals surface area (Å²) < 4.78 is 10.6. The van der Waals surface area contributed by atoms with Gasteiger partial charge in [0.05, 0.1) is 19.3 Å². The minimum Gasteiger partial charge on any atom is -0.495 e. The topological polar surface area (TPSA) is 61.3 Å². The van der Waals surface area contributed by atoms with Crippen molar-refractivity contribution in [3.63, 3.8) is 0 Å². The van der Waals surface area contributed by atoms with Gasteiger partial charge in [-0.3, -0.25) is 4.98 Å². The number of furan rings is 1. The molecule has 2 rings (SSSR count). The van der Waals surface area contributed by atoms with Gasteiger partial charge in [-0.2, -0.15) is 0 Å². The lowest BCUT2D eigenvalue weighted by molar-refractivity contribution is 0.412. The van der Waals surface area contributed by atoms with E-state index in [1.807, 2.05) is 26.0 Å². The molecule has 90 valence electrons. The summed E-state index contributed by atoms with van der Waals surface area (Å²) in [5.41, 5.74) is 8.09. The maximum Gasteiger partial charge on any atom is 0.137 e. The molecule has 4 heteroatoms. The summed E-state index contributed by atoms with van der Waals surface area (Å²) in [6.45, 7) is 3.82. The van der Waals surface area contributed by atoms with Crippen molar-refractivity contribution in [2.24, 2.45) is 5.73 Å². The number of rotatable bonds is 3. The van der Waals surface area contributed by atoms with Crippen LogP contribution >= 0.6 is 0 Å². The van der Waals surface area contributed by atoms with Crippen LogP contribution in [0.1, 0.15) is 28.7 Å². The third kappa shape index (κ3) is 2.31. The van der Waals surface area contributed by atoms with Crippen LogP contribution in [0.5, 0.6) is 5.75 Å². The molecule has 0 fully saturated rings. The van der Waals surface area contributed by atoms with Crippen molar-refractivity contribution in [3.05, 3.63) is 47.2 Å². The fraction of sp³-hybridized carbons (Fsp3) is 0.308. The molecule has 1 unspecified atom stereocenters. The van der Waals surface area contributed by atoms with Crippen molar-refractivity contribution in [2.45, 2.75) is 19.9 Å². The zero-order valence-corrected chi connectivity index (χ0v) is 10.2. The summed E-state index contributed by atoms with van der Waals surface area (Å²) in [6, 6.07) is 3.61. The van der Waals surface area contributed by atoms with Gasteiger partial charge in [0.15, 0.2) is 0 Å². The van der Waals surface area contributed by atoms with Crippen LogP contribution in [0.4, 0.5) is 0 Å². The van der Waals surface area contributed by atoms with E-state index in [-0.39, 0.29) is 6.04 Å². The summed E-state index contributed by atoms with van der Waals surface area (Å²) in [7, 11) is 1.61. The summed E-state index contributed by atoms with van der Waals surface area (Å²) >= 11 is 0. The first-order chi connectivity index (χ1) is 8.11. The Balaban J connectivity index is 2.36. The highest BCUT2D eigenvalue weighted by Gasteiger charge is 2.15. The van der Waals surface area contributed by atoms with E-state index in [9.17, 15) is 0 Å². The predicted molar refractivity (Wildman–Crippen MR) is 65.0 cm³/mol. The van der Waals surface area contributed by atoms with Crippen molar-refractivity contribution in [1.29, 1.82) is 0 Å². The average molecular weight is 232 g/mol.